The zero-order chi connectivity index (χ0) is 26.6. The van der Waals surface area contributed by atoms with E-state index in [9.17, 15) is 22.0 Å². The molecule has 3 aromatic rings. The lowest BCUT2D eigenvalue weighted by atomic mass is 10.2. The number of aryl methyl sites for hydroxylation is 1. The van der Waals surface area contributed by atoms with Gasteiger partial charge < -0.3 is 35.1 Å². The quantitative estimate of drug-likeness (QED) is 0.109. The van der Waals surface area contributed by atoms with Gasteiger partial charge in [0.05, 0.1) is 32.8 Å². The molecule has 2 aromatic heterocycles. The molecule has 2 heterocycles. The highest BCUT2D eigenvalue weighted by Crippen LogP contribution is 2.32. The van der Waals surface area contributed by atoms with Crippen LogP contribution in [0.3, 0.4) is 0 Å². The lowest BCUT2D eigenvalue weighted by Crippen LogP contribution is -2.17. The molecule has 202 valence electrons. The lowest BCUT2D eigenvalue weighted by Gasteiger charge is -2.12. The Morgan fingerprint density at radius 2 is 1.41 bits per heavy atom. The van der Waals surface area contributed by atoms with Crippen molar-refractivity contribution < 1.29 is 36.2 Å². The Morgan fingerprint density at radius 1 is 0.784 bits per heavy atom. The van der Waals surface area contributed by atoms with E-state index in [1.54, 1.807) is 18.7 Å². The summed E-state index contributed by atoms with van der Waals surface area (Å²) in [6, 6.07) is -0.700. The number of benzene rings is 1. The van der Waals surface area contributed by atoms with Crippen molar-refractivity contribution in [1.82, 2.24) is 24.5 Å². The first-order valence-electron chi connectivity index (χ1n) is 11.1. The van der Waals surface area contributed by atoms with Crippen molar-refractivity contribution in [1.29, 1.82) is 0 Å². The number of aromatic nitrogens is 5. The van der Waals surface area contributed by atoms with Crippen LogP contribution >= 0.6 is 0 Å². The SMILES string of the molecule is NCCOCCOCCNc1nc(NCCCn2ccnc2)nc(Oc2c(F)c(F)c(F)c(F)c2F)n1. The molecule has 16 heteroatoms. The molecule has 0 radical (unpaired) electrons. The van der Waals surface area contributed by atoms with Crippen molar-refractivity contribution in [2.45, 2.75) is 13.0 Å². The summed E-state index contributed by atoms with van der Waals surface area (Å²) in [6.45, 7) is 2.92. The third-order valence-corrected chi connectivity index (χ3v) is 4.58. The van der Waals surface area contributed by atoms with E-state index in [4.69, 9.17) is 19.9 Å². The Hall–Kier alpha value is -3.63. The smallest absolute Gasteiger partial charge is 0.328 e. The highest BCUT2D eigenvalue weighted by Gasteiger charge is 2.28. The number of rotatable bonds is 16. The Labute approximate surface area is 208 Å². The molecule has 0 unspecified atom stereocenters. The highest BCUT2D eigenvalue weighted by molar-refractivity contribution is 5.38. The Kier molecular flexibility index (Phi) is 10.7. The van der Waals surface area contributed by atoms with E-state index >= 15 is 0 Å². The van der Waals surface area contributed by atoms with E-state index in [0.717, 1.165) is 0 Å². The van der Waals surface area contributed by atoms with E-state index in [2.05, 4.69) is 30.6 Å². The number of ether oxygens (including phenoxy) is 3. The molecule has 0 amide bonds. The maximum absolute atomic E-state index is 14.1. The summed E-state index contributed by atoms with van der Waals surface area (Å²) in [5, 5.41) is 5.71. The molecule has 0 saturated carbocycles. The molecule has 0 aliphatic heterocycles. The summed E-state index contributed by atoms with van der Waals surface area (Å²) in [5.74, 6) is -12.6. The third kappa shape index (κ3) is 8.19. The number of nitrogens with two attached hydrogens (primary N) is 1. The van der Waals surface area contributed by atoms with Crippen LogP contribution in [0.4, 0.5) is 33.8 Å². The maximum atomic E-state index is 14.1. The number of anilines is 2. The minimum atomic E-state index is -2.31. The van der Waals surface area contributed by atoms with Crippen molar-refractivity contribution in [2.24, 2.45) is 5.73 Å². The van der Waals surface area contributed by atoms with Crippen molar-refractivity contribution in [3.05, 3.63) is 47.8 Å². The molecule has 0 aliphatic rings. The van der Waals surface area contributed by atoms with Crippen molar-refractivity contribution in [3.63, 3.8) is 0 Å². The van der Waals surface area contributed by atoms with Crippen LogP contribution in [-0.4, -0.2) is 70.6 Å². The van der Waals surface area contributed by atoms with Gasteiger partial charge in [0, 0.05) is 38.6 Å². The monoisotopic (exact) mass is 532 g/mol. The molecule has 0 spiro atoms. The van der Waals surface area contributed by atoms with Gasteiger partial charge in [-0.3, -0.25) is 0 Å². The van der Waals surface area contributed by atoms with Gasteiger partial charge in [0.2, 0.25) is 46.7 Å². The van der Waals surface area contributed by atoms with Gasteiger partial charge in [-0.15, -0.1) is 0 Å². The Morgan fingerprint density at radius 3 is 2.03 bits per heavy atom. The van der Waals surface area contributed by atoms with Gasteiger partial charge in [0.1, 0.15) is 0 Å². The molecule has 0 fully saturated rings. The van der Waals surface area contributed by atoms with Gasteiger partial charge in [0.25, 0.3) is 0 Å². The van der Waals surface area contributed by atoms with Gasteiger partial charge in [0.15, 0.2) is 0 Å². The molecule has 0 bridgehead atoms. The molecule has 3 rings (SSSR count). The number of hydrogen-bond acceptors (Lipinski definition) is 10. The standard InChI is InChI=1S/C21H25F5N8O3/c22-13-14(23)16(25)18(17(26)15(13)24)37-21-32-19(29-3-1-6-34-7-4-28-12-34)31-20(33-21)30-5-9-36-11-10-35-8-2-27/h4,7,12H,1-3,5-6,8-11,27H2,(H2,29,30,31,32,33). The number of hydrogen-bond donors (Lipinski definition) is 3. The summed E-state index contributed by atoms with van der Waals surface area (Å²) in [4.78, 5) is 15.8. The van der Waals surface area contributed by atoms with E-state index in [1.807, 2.05) is 4.57 Å². The van der Waals surface area contributed by atoms with Crippen molar-refractivity contribution in [2.75, 3.05) is 56.7 Å². The number of halogens is 5. The molecular weight excluding hydrogens is 507 g/mol. The van der Waals surface area contributed by atoms with Crippen LogP contribution in [0.15, 0.2) is 18.7 Å². The minimum absolute atomic E-state index is 0.0573. The van der Waals surface area contributed by atoms with Crippen LogP contribution in [0, 0.1) is 29.1 Å². The Bertz CT molecular complexity index is 1110. The fourth-order valence-electron chi connectivity index (χ4n) is 2.85. The molecule has 37 heavy (non-hydrogen) atoms. The average Bonchev–Trinajstić information content (AvgIpc) is 3.42. The third-order valence-electron chi connectivity index (χ3n) is 4.58. The first-order chi connectivity index (χ1) is 17.9. The van der Waals surface area contributed by atoms with Crippen LogP contribution in [0.2, 0.25) is 0 Å². The van der Waals surface area contributed by atoms with Crippen LogP contribution in [-0.2, 0) is 16.0 Å². The molecule has 1 aromatic carbocycles. The lowest BCUT2D eigenvalue weighted by molar-refractivity contribution is 0.0547. The van der Waals surface area contributed by atoms with Crippen molar-refractivity contribution in [3.8, 4) is 11.8 Å². The van der Waals surface area contributed by atoms with E-state index in [1.165, 1.54) is 0 Å². The van der Waals surface area contributed by atoms with E-state index in [0.29, 0.717) is 45.9 Å². The molecular formula is C21H25F5N8O3. The second-order valence-corrected chi connectivity index (χ2v) is 7.29. The predicted molar refractivity (Wildman–Crippen MR) is 121 cm³/mol. The number of imidazole rings is 1. The number of nitrogens with one attached hydrogen (secondary N) is 2. The largest absolute Gasteiger partial charge is 0.418 e. The van der Waals surface area contributed by atoms with E-state index in [-0.39, 0.29) is 25.0 Å². The molecule has 4 N–H and O–H groups in total. The van der Waals surface area contributed by atoms with Crippen LogP contribution in [0.5, 0.6) is 11.8 Å². The maximum Gasteiger partial charge on any atom is 0.328 e. The normalized spacial score (nSPS) is 11.1. The van der Waals surface area contributed by atoms with Gasteiger partial charge in [-0.1, -0.05) is 0 Å². The number of nitrogens with zero attached hydrogens (tertiary/aromatic N) is 5. The fourth-order valence-corrected chi connectivity index (χ4v) is 2.85. The highest BCUT2D eigenvalue weighted by atomic mass is 19.2. The van der Waals surface area contributed by atoms with Crippen molar-refractivity contribution >= 4 is 11.9 Å². The van der Waals surface area contributed by atoms with Gasteiger partial charge in [-0.05, 0) is 6.42 Å². The van der Waals surface area contributed by atoms with E-state index < -0.39 is 40.8 Å². The van der Waals surface area contributed by atoms with Gasteiger partial charge >= 0.3 is 6.01 Å². The van der Waals surface area contributed by atoms with Crippen LogP contribution in [0.25, 0.3) is 0 Å². The second-order valence-electron chi connectivity index (χ2n) is 7.29. The zero-order valence-corrected chi connectivity index (χ0v) is 19.5. The van der Waals surface area contributed by atoms with Crippen LogP contribution < -0.4 is 21.1 Å². The Balaban J connectivity index is 1.68. The molecule has 11 nitrogen and oxygen atoms in total. The summed E-state index contributed by atoms with van der Waals surface area (Å²) in [5.41, 5.74) is 5.32. The zero-order valence-electron chi connectivity index (χ0n) is 19.5. The first kappa shape index (κ1) is 27.9. The molecule has 0 saturated heterocycles. The first-order valence-corrected chi connectivity index (χ1v) is 11.1. The average molecular weight is 532 g/mol. The van der Waals surface area contributed by atoms with Gasteiger partial charge in [-0.25, -0.2) is 18.2 Å². The summed E-state index contributed by atoms with van der Waals surface area (Å²) in [6.07, 6.45) is 5.69. The van der Waals surface area contributed by atoms with Gasteiger partial charge in [-0.2, -0.15) is 23.7 Å². The topological polar surface area (TPSA) is 134 Å². The summed E-state index contributed by atoms with van der Waals surface area (Å²) < 4.78 is 85.9. The summed E-state index contributed by atoms with van der Waals surface area (Å²) >= 11 is 0. The minimum Gasteiger partial charge on any atom is -0.418 e. The summed E-state index contributed by atoms with van der Waals surface area (Å²) in [7, 11) is 0. The fraction of sp³-hybridized carbons (Fsp3) is 0.429. The van der Waals surface area contributed by atoms with Crippen LogP contribution in [0.1, 0.15) is 6.42 Å². The predicted octanol–water partition coefficient (Wildman–Crippen LogP) is 2.46. The molecule has 0 aliphatic carbocycles. The molecule has 0 atom stereocenters. The second kappa shape index (κ2) is 14.2.